The number of carbonyl (C=O) groups excluding carboxylic acids is 2. The molecule has 1 fully saturated rings. The zero-order valence-electron chi connectivity index (χ0n) is 23.2. The third kappa shape index (κ3) is 5.23. The highest BCUT2D eigenvalue weighted by atomic mass is 35.5. The van der Waals surface area contributed by atoms with Gasteiger partial charge in [0.25, 0.3) is 11.7 Å². The molecule has 1 aliphatic rings. The number of Topliss-reactive ketones (excluding diaryl/α,β-unsaturated/α-hetero) is 1. The first-order chi connectivity index (χ1) is 18.9. The number of amides is 1. The number of hydrogen-bond donors (Lipinski definition) is 1. The Balaban J connectivity index is 1.96. The Morgan fingerprint density at radius 1 is 0.925 bits per heavy atom. The fourth-order valence-corrected chi connectivity index (χ4v) is 5.55. The molecule has 1 aliphatic heterocycles. The predicted octanol–water partition coefficient (Wildman–Crippen LogP) is 6.94. The van der Waals surface area contributed by atoms with Gasteiger partial charge in [0.2, 0.25) is 0 Å². The van der Waals surface area contributed by atoms with Gasteiger partial charge in [-0.2, -0.15) is 0 Å². The Hall–Kier alpha value is -3.68. The van der Waals surface area contributed by atoms with E-state index >= 15 is 0 Å². The summed E-state index contributed by atoms with van der Waals surface area (Å²) in [4.78, 5) is 28.6. The fourth-order valence-electron chi connectivity index (χ4n) is 4.86. The normalized spacial score (nSPS) is 16.8. The molecule has 9 heteroatoms. The molecule has 3 aromatic carbocycles. The maximum absolute atomic E-state index is 13.6. The summed E-state index contributed by atoms with van der Waals surface area (Å²) >= 11 is 12.9. The molecule has 40 heavy (non-hydrogen) atoms. The molecule has 3 aromatic rings. The van der Waals surface area contributed by atoms with Gasteiger partial charge < -0.3 is 24.2 Å². The van der Waals surface area contributed by atoms with E-state index in [1.165, 1.54) is 25.2 Å². The van der Waals surface area contributed by atoms with E-state index in [1.54, 1.807) is 13.2 Å². The number of carbonyl (C=O) groups is 2. The molecule has 0 aromatic heterocycles. The van der Waals surface area contributed by atoms with Gasteiger partial charge in [-0.15, -0.1) is 0 Å². The fraction of sp³-hybridized carbons (Fsp3) is 0.290. The van der Waals surface area contributed by atoms with Crippen molar-refractivity contribution in [2.75, 3.05) is 21.3 Å². The number of halogens is 2. The van der Waals surface area contributed by atoms with Gasteiger partial charge in [0.05, 0.1) is 50.1 Å². The quantitative estimate of drug-likeness (QED) is 0.184. The van der Waals surface area contributed by atoms with Crippen molar-refractivity contribution in [3.05, 3.63) is 92.5 Å². The van der Waals surface area contributed by atoms with Gasteiger partial charge in [0.1, 0.15) is 16.5 Å². The Morgan fingerprint density at radius 2 is 1.55 bits per heavy atom. The molecule has 1 saturated heterocycles. The van der Waals surface area contributed by atoms with Crippen LogP contribution in [0, 0.1) is 0 Å². The molecule has 0 bridgehead atoms. The van der Waals surface area contributed by atoms with Crippen LogP contribution in [0.15, 0.2) is 60.2 Å². The zero-order valence-corrected chi connectivity index (χ0v) is 24.7. The molecular formula is C31H31Cl2NO6. The number of likely N-dealkylation sites (tertiary alicyclic amines) is 1. The van der Waals surface area contributed by atoms with Crippen LogP contribution in [-0.4, -0.2) is 43.0 Å². The van der Waals surface area contributed by atoms with Crippen LogP contribution in [0.4, 0.5) is 0 Å². The Labute approximate surface area is 243 Å². The number of ether oxygens (including phenoxy) is 3. The summed E-state index contributed by atoms with van der Waals surface area (Å²) in [5, 5.41) is 11.8. The molecule has 1 unspecified atom stereocenters. The molecule has 1 heterocycles. The maximum atomic E-state index is 13.6. The van der Waals surface area contributed by atoms with E-state index in [1.807, 2.05) is 42.5 Å². The second kappa shape index (κ2) is 11.4. The lowest BCUT2D eigenvalue weighted by Gasteiger charge is -2.27. The minimum Gasteiger partial charge on any atom is -0.507 e. The first-order valence-electron chi connectivity index (χ1n) is 12.6. The van der Waals surface area contributed by atoms with Crippen molar-refractivity contribution >= 4 is 40.7 Å². The third-order valence-corrected chi connectivity index (χ3v) is 7.58. The van der Waals surface area contributed by atoms with Crippen LogP contribution in [0.2, 0.25) is 10.0 Å². The summed E-state index contributed by atoms with van der Waals surface area (Å²) in [7, 11) is 4.31. The Morgan fingerprint density at radius 3 is 2.12 bits per heavy atom. The maximum Gasteiger partial charge on any atom is 0.295 e. The van der Waals surface area contributed by atoms with Crippen molar-refractivity contribution in [2.45, 2.75) is 38.8 Å². The molecule has 0 spiro atoms. The highest BCUT2D eigenvalue weighted by Gasteiger charge is 2.47. The van der Waals surface area contributed by atoms with Crippen molar-refractivity contribution in [2.24, 2.45) is 0 Å². The van der Waals surface area contributed by atoms with E-state index in [2.05, 4.69) is 20.8 Å². The van der Waals surface area contributed by atoms with Gasteiger partial charge >= 0.3 is 0 Å². The summed E-state index contributed by atoms with van der Waals surface area (Å²) < 4.78 is 16.2. The van der Waals surface area contributed by atoms with E-state index < -0.39 is 23.5 Å². The van der Waals surface area contributed by atoms with Crippen LogP contribution in [0.1, 0.15) is 49.1 Å². The van der Waals surface area contributed by atoms with Gasteiger partial charge in [0, 0.05) is 5.56 Å². The molecule has 1 atom stereocenters. The van der Waals surface area contributed by atoms with E-state index in [4.69, 9.17) is 37.4 Å². The molecule has 1 amide bonds. The number of methoxy groups -OCH3 is 3. The second-order valence-corrected chi connectivity index (χ2v) is 11.2. The van der Waals surface area contributed by atoms with Gasteiger partial charge in [-0.1, -0.05) is 86.4 Å². The lowest BCUT2D eigenvalue weighted by molar-refractivity contribution is -0.140. The SMILES string of the molecule is COc1ccccc1CN1C(=O)C(=O)/C(=C(/O)c2cc(Cl)c(OC)c(Cl)c2OC)C1c1ccc(C(C)(C)C)cc1. The average Bonchev–Trinajstić information content (AvgIpc) is 3.17. The van der Waals surface area contributed by atoms with Crippen LogP contribution >= 0.6 is 23.2 Å². The average molecular weight is 584 g/mol. The lowest BCUT2D eigenvalue weighted by atomic mass is 9.85. The van der Waals surface area contributed by atoms with Crippen molar-refractivity contribution < 1.29 is 28.9 Å². The van der Waals surface area contributed by atoms with Crippen LogP contribution in [0.25, 0.3) is 5.76 Å². The van der Waals surface area contributed by atoms with Gasteiger partial charge in [-0.05, 0) is 28.7 Å². The number of aliphatic hydroxyl groups excluding tert-OH is 1. The predicted molar refractivity (Wildman–Crippen MR) is 156 cm³/mol. The van der Waals surface area contributed by atoms with Crippen LogP contribution in [0.3, 0.4) is 0 Å². The number of para-hydroxylation sites is 1. The number of hydrogen-bond acceptors (Lipinski definition) is 6. The molecule has 4 rings (SSSR count). The smallest absolute Gasteiger partial charge is 0.295 e. The molecule has 210 valence electrons. The molecular weight excluding hydrogens is 553 g/mol. The van der Waals surface area contributed by atoms with E-state index in [9.17, 15) is 14.7 Å². The summed E-state index contributed by atoms with van der Waals surface area (Å²) in [6.07, 6.45) is 0. The van der Waals surface area contributed by atoms with Crippen LogP contribution in [-0.2, 0) is 21.5 Å². The number of aliphatic hydroxyl groups is 1. The summed E-state index contributed by atoms with van der Waals surface area (Å²) in [6, 6.07) is 15.4. The molecule has 7 nitrogen and oxygen atoms in total. The second-order valence-electron chi connectivity index (χ2n) is 10.4. The largest absolute Gasteiger partial charge is 0.507 e. The van der Waals surface area contributed by atoms with Crippen molar-refractivity contribution in [1.29, 1.82) is 0 Å². The Kier molecular flexibility index (Phi) is 8.38. The molecule has 0 saturated carbocycles. The van der Waals surface area contributed by atoms with Gasteiger partial charge in [-0.3, -0.25) is 9.59 Å². The number of rotatable bonds is 7. The van der Waals surface area contributed by atoms with Crippen molar-refractivity contribution in [1.82, 2.24) is 4.90 Å². The monoisotopic (exact) mass is 583 g/mol. The summed E-state index contributed by atoms with van der Waals surface area (Å²) in [6.45, 7) is 6.36. The Bertz CT molecular complexity index is 1490. The van der Waals surface area contributed by atoms with Gasteiger partial charge in [0.15, 0.2) is 11.5 Å². The highest BCUT2D eigenvalue weighted by Crippen LogP contribution is 2.47. The molecule has 1 N–H and O–H groups in total. The van der Waals surface area contributed by atoms with Crippen LogP contribution < -0.4 is 14.2 Å². The molecule has 0 radical (unpaired) electrons. The van der Waals surface area contributed by atoms with E-state index in [-0.39, 0.29) is 44.6 Å². The summed E-state index contributed by atoms with van der Waals surface area (Å²) in [5.74, 6) is -1.29. The molecule has 0 aliphatic carbocycles. The minimum atomic E-state index is -0.914. The first kappa shape index (κ1) is 29.3. The van der Waals surface area contributed by atoms with Crippen LogP contribution in [0.5, 0.6) is 17.2 Å². The number of ketones is 1. The summed E-state index contributed by atoms with van der Waals surface area (Å²) in [5.41, 5.74) is 2.27. The standard InChI is InChI=1S/C31H31Cl2NO6/c1-31(2,3)19-13-11-17(12-14-19)25-23(26(35)20-15-21(32)29(40-6)24(33)28(20)39-5)27(36)30(37)34(25)16-18-9-7-8-10-22(18)38-4/h7-15,25,35H,16H2,1-6H3/b26-23+. The van der Waals surface area contributed by atoms with Crippen molar-refractivity contribution in [3.8, 4) is 17.2 Å². The third-order valence-electron chi connectivity index (χ3n) is 6.96. The minimum absolute atomic E-state index is 0.0216. The van der Waals surface area contributed by atoms with E-state index in [0.29, 0.717) is 16.9 Å². The number of benzene rings is 3. The topological polar surface area (TPSA) is 85.3 Å². The number of nitrogens with zero attached hydrogens (tertiary/aromatic N) is 1. The first-order valence-corrected chi connectivity index (χ1v) is 13.3. The van der Waals surface area contributed by atoms with Gasteiger partial charge in [-0.25, -0.2) is 0 Å². The van der Waals surface area contributed by atoms with E-state index in [0.717, 1.165) is 5.56 Å². The zero-order chi connectivity index (χ0) is 29.4. The van der Waals surface area contributed by atoms with Crippen molar-refractivity contribution in [3.63, 3.8) is 0 Å². The highest BCUT2D eigenvalue weighted by molar-refractivity contribution is 6.47. The lowest BCUT2D eigenvalue weighted by Crippen LogP contribution is -2.29.